The van der Waals surface area contributed by atoms with Gasteiger partial charge in [0.2, 0.25) is 0 Å². The second-order valence-electron chi connectivity index (χ2n) is 15.3. The molecule has 260 valence electrons. The third kappa shape index (κ3) is 6.84. The van der Waals surface area contributed by atoms with Crippen molar-refractivity contribution in [3.05, 3.63) is 84.7 Å². The van der Waals surface area contributed by atoms with Gasteiger partial charge in [-0.3, -0.25) is 9.80 Å². The zero-order valence-corrected chi connectivity index (χ0v) is 29.7. The molecule has 2 N–H and O–H groups in total. The summed E-state index contributed by atoms with van der Waals surface area (Å²) in [6.07, 6.45) is 6.62. The number of rotatable bonds is 5. The van der Waals surface area contributed by atoms with Crippen LogP contribution in [0.5, 0.6) is 0 Å². The lowest BCUT2D eigenvalue weighted by Gasteiger charge is -2.27. The molecular weight excluding hydrogens is 628 g/mol. The molecule has 4 heterocycles. The minimum absolute atomic E-state index is 0.129. The number of H-pyrrole nitrogens is 2. The Morgan fingerprint density at radius 3 is 1.64 bits per heavy atom. The number of hydrogen-bond acceptors (Lipinski definition) is 6. The smallest absolute Gasteiger partial charge is 0.410 e. The highest BCUT2D eigenvalue weighted by atomic mass is 16.6. The van der Waals surface area contributed by atoms with Crippen molar-refractivity contribution in [3.63, 3.8) is 0 Å². The summed E-state index contributed by atoms with van der Waals surface area (Å²) in [5.74, 6) is 1.56. The molecule has 2 saturated heterocycles. The van der Waals surface area contributed by atoms with Crippen molar-refractivity contribution in [1.82, 2.24) is 29.7 Å². The first-order valence-corrected chi connectivity index (χ1v) is 17.6. The molecule has 0 spiro atoms. The Hall–Kier alpha value is -5.12. The number of nitrogens with one attached hydrogen (secondary N) is 2. The average Bonchev–Trinajstić information content (AvgIpc) is 3.89. The highest BCUT2D eigenvalue weighted by Crippen LogP contribution is 2.38. The van der Waals surface area contributed by atoms with E-state index in [9.17, 15) is 9.59 Å². The fourth-order valence-electron chi connectivity index (χ4n) is 7.09. The summed E-state index contributed by atoms with van der Waals surface area (Å²) in [6.45, 7) is 12.6. The van der Waals surface area contributed by atoms with Gasteiger partial charge in [-0.1, -0.05) is 60.7 Å². The number of aromatic amines is 2. The summed E-state index contributed by atoms with van der Waals surface area (Å²) in [4.78, 5) is 45.8. The Morgan fingerprint density at radius 1 is 0.640 bits per heavy atom. The Kier molecular flexibility index (Phi) is 8.66. The lowest BCUT2D eigenvalue weighted by Crippen LogP contribution is -2.36. The molecule has 0 radical (unpaired) electrons. The minimum atomic E-state index is -0.551. The fraction of sp³-hybridized carbons (Fsp3) is 0.400. The molecular formula is C40H46N6O4. The average molecular weight is 675 g/mol. The first kappa shape index (κ1) is 33.4. The zero-order valence-electron chi connectivity index (χ0n) is 29.7. The van der Waals surface area contributed by atoms with E-state index in [-0.39, 0.29) is 24.3 Å². The van der Waals surface area contributed by atoms with Gasteiger partial charge in [0.25, 0.3) is 0 Å². The number of likely N-dealkylation sites (tertiary alicyclic amines) is 2. The molecule has 50 heavy (non-hydrogen) atoms. The van der Waals surface area contributed by atoms with Gasteiger partial charge in [0.15, 0.2) is 0 Å². The van der Waals surface area contributed by atoms with Crippen LogP contribution in [0.3, 0.4) is 0 Å². The first-order chi connectivity index (χ1) is 23.8. The second kappa shape index (κ2) is 13.0. The molecule has 7 rings (SSSR count). The van der Waals surface area contributed by atoms with Crippen LogP contribution >= 0.6 is 0 Å². The van der Waals surface area contributed by atoms with Crippen LogP contribution in [0.1, 0.15) is 91.0 Å². The summed E-state index contributed by atoms with van der Waals surface area (Å²) in [5, 5.41) is 2.25. The van der Waals surface area contributed by atoms with Gasteiger partial charge < -0.3 is 19.4 Å². The van der Waals surface area contributed by atoms with Crippen molar-refractivity contribution in [2.24, 2.45) is 0 Å². The van der Waals surface area contributed by atoms with E-state index in [2.05, 4.69) is 75.6 Å². The van der Waals surface area contributed by atoms with Crippen molar-refractivity contribution in [1.29, 1.82) is 0 Å². The predicted octanol–water partition coefficient (Wildman–Crippen LogP) is 9.43. The third-order valence-corrected chi connectivity index (χ3v) is 9.30. The second-order valence-corrected chi connectivity index (χ2v) is 15.3. The van der Waals surface area contributed by atoms with E-state index in [1.165, 1.54) is 0 Å². The first-order valence-electron chi connectivity index (χ1n) is 17.6. The SMILES string of the molecule is CC(C)(C)OC(=O)N1CCC[C@H]1c1ncc(-c2ccc(-c3ccc(-c4cnc([C@@H]5CCCN5C(=O)OC(C)(C)C)[nH]4)c4ccccc34)cc2)[nH]1. The molecule has 0 unspecified atom stereocenters. The number of carbonyl (C=O) groups excluding carboxylic acids is 2. The van der Waals surface area contributed by atoms with Crippen molar-refractivity contribution >= 4 is 23.0 Å². The third-order valence-electron chi connectivity index (χ3n) is 9.30. The van der Waals surface area contributed by atoms with E-state index >= 15 is 0 Å². The molecule has 2 amide bonds. The van der Waals surface area contributed by atoms with Crippen molar-refractivity contribution in [2.45, 2.75) is 90.5 Å². The largest absolute Gasteiger partial charge is 0.444 e. The quantitative estimate of drug-likeness (QED) is 0.192. The number of imidazole rings is 2. The van der Waals surface area contributed by atoms with E-state index in [0.717, 1.165) is 81.7 Å². The lowest BCUT2D eigenvalue weighted by atomic mass is 9.93. The topological polar surface area (TPSA) is 116 Å². The van der Waals surface area contributed by atoms with Crippen molar-refractivity contribution in [3.8, 4) is 33.6 Å². The zero-order chi connectivity index (χ0) is 35.2. The number of aromatic nitrogens is 4. The van der Waals surface area contributed by atoms with E-state index in [1.54, 1.807) is 9.80 Å². The number of benzene rings is 3. The maximum atomic E-state index is 12.9. The standard InChI is InChI=1S/C40H46N6O4/c1-39(2,3)49-37(47)45-21-9-13-33(45)35-41-23-31(43-35)26-17-15-25(16-18-26)27-19-20-30(29-12-8-7-11-28(27)29)32-24-42-36(44-32)34-14-10-22-46(34)38(48)50-40(4,5)6/h7-8,11-12,15-20,23-24,33-34H,9-10,13-14,21-22H2,1-6H3,(H,41,43)(H,42,44)/t33-,34-/m0/s1. The molecule has 2 aliphatic heterocycles. The van der Waals surface area contributed by atoms with Gasteiger partial charge in [-0.2, -0.15) is 0 Å². The molecule has 2 aromatic heterocycles. The lowest BCUT2D eigenvalue weighted by molar-refractivity contribution is 0.0208. The molecule has 10 nitrogen and oxygen atoms in total. The predicted molar refractivity (Wildman–Crippen MR) is 194 cm³/mol. The Balaban J connectivity index is 1.11. The fourth-order valence-corrected chi connectivity index (χ4v) is 7.09. The van der Waals surface area contributed by atoms with Gasteiger partial charge in [0.1, 0.15) is 22.9 Å². The molecule has 0 saturated carbocycles. The van der Waals surface area contributed by atoms with Crippen molar-refractivity contribution < 1.29 is 19.1 Å². The van der Waals surface area contributed by atoms with Gasteiger partial charge >= 0.3 is 12.2 Å². The summed E-state index contributed by atoms with van der Waals surface area (Å²) >= 11 is 0. The van der Waals surface area contributed by atoms with Gasteiger partial charge in [-0.15, -0.1) is 0 Å². The van der Waals surface area contributed by atoms with Crippen LogP contribution < -0.4 is 0 Å². The molecule has 5 aromatic rings. The molecule has 2 aliphatic rings. The summed E-state index contributed by atoms with van der Waals surface area (Å²) in [5.41, 5.74) is 5.04. The van der Waals surface area contributed by atoms with Gasteiger partial charge in [-0.25, -0.2) is 19.6 Å². The number of nitrogens with zero attached hydrogens (tertiary/aromatic N) is 4. The summed E-state index contributed by atoms with van der Waals surface area (Å²) in [6, 6.07) is 20.9. The van der Waals surface area contributed by atoms with Crippen LogP contribution in [0.4, 0.5) is 9.59 Å². The van der Waals surface area contributed by atoms with Crippen LogP contribution in [0.25, 0.3) is 44.4 Å². The van der Waals surface area contributed by atoms with Crippen LogP contribution in [0.2, 0.25) is 0 Å². The molecule has 2 atom stereocenters. The Morgan fingerprint density at radius 2 is 1.10 bits per heavy atom. The summed E-state index contributed by atoms with van der Waals surface area (Å²) in [7, 11) is 0. The molecule has 10 heteroatoms. The number of amides is 2. The Labute approximate surface area is 293 Å². The molecule has 3 aromatic carbocycles. The monoisotopic (exact) mass is 674 g/mol. The van der Waals surface area contributed by atoms with Crippen LogP contribution in [0, 0.1) is 0 Å². The number of hydrogen-bond donors (Lipinski definition) is 2. The Bertz CT molecular complexity index is 2020. The maximum Gasteiger partial charge on any atom is 0.410 e. The maximum absolute atomic E-state index is 12.9. The van der Waals surface area contributed by atoms with Crippen LogP contribution in [-0.4, -0.2) is 66.2 Å². The highest BCUT2D eigenvalue weighted by Gasteiger charge is 2.36. The van der Waals surface area contributed by atoms with E-state index in [4.69, 9.17) is 14.5 Å². The number of carbonyl (C=O) groups is 2. The van der Waals surface area contributed by atoms with E-state index < -0.39 is 11.2 Å². The molecule has 0 bridgehead atoms. The van der Waals surface area contributed by atoms with E-state index in [0.29, 0.717) is 13.1 Å². The highest BCUT2D eigenvalue weighted by molar-refractivity contribution is 6.04. The molecule has 2 fully saturated rings. The van der Waals surface area contributed by atoms with Crippen LogP contribution in [-0.2, 0) is 9.47 Å². The van der Waals surface area contributed by atoms with Gasteiger partial charge in [-0.05, 0) is 94.7 Å². The number of fused-ring (bicyclic) bond motifs is 1. The van der Waals surface area contributed by atoms with Crippen molar-refractivity contribution in [2.75, 3.05) is 13.1 Å². The van der Waals surface area contributed by atoms with Gasteiger partial charge in [0.05, 0.1) is 35.9 Å². The van der Waals surface area contributed by atoms with Gasteiger partial charge in [0, 0.05) is 18.7 Å². The summed E-state index contributed by atoms with van der Waals surface area (Å²) < 4.78 is 11.3. The minimum Gasteiger partial charge on any atom is -0.444 e. The number of ether oxygens (including phenoxy) is 2. The van der Waals surface area contributed by atoms with E-state index in [1.807, 2.05) is 53.9 Å². The normalized spacial score (nSPS) is 18.2. The van der Waals surface area contributed by atoms with Crippen LogP contribution in [0.15, 0.2) is 73.1 Å². The molecule has 0 aliphatic carbocycles.